The lowest BCUT2D eigenvalue weighted by Gasteiger charge is -2.30. The Kier molecular flexibility index (Phi) is 4.57. The first-order chi connectivity index (χ1) is 9.99. The van der Waals surface area contributed by atoms with Gasteiger partial charge in [0.15, 0.2) is 0 Å². The van der Waals surface area contributed by atoms with Crippen molar-refractivity contribution in [3.8, 4) is 0 Å². The van der Waals surface area contributed by atoms with Crippen molar-refractivity contribution in [3.05, 3.63) is 39.9 Å². The summed E-state index contributed by atoms with van der Waals surface area (Å²) in [5, 5.41) is 14.2. The summed E-state index contributed by atoms with van der Waals surface area (Å²) in [6.45, 7) is 5.99. The Morgan fingerprint density at radius 3 is 2.71 bits per heavy atom. The van der Waals surface area contributed by atoms with Gasteiger partial charge in [-0.3, -0.25) is 20.2 Å². The second kappa shape index (κ2) is 6.22. The highest BCUT2D eigenvalue weighted by molar-refractivity contribution is 5.84. The van der Waals surface area contributed by atoms with E-state index in [4.69, 9.17) is 0 Å². The maximum Gasteiger partial charge on any atom is 0.269 e. The lowest BCUT2D eigenvalue weighted by molar-refractivity contribution is -0.385. The number of nitro groups is 1. The summed E-state index contributed by atoms with van der Waals surface area (Å²) in [5.41, 5.74) is 0.805. The first-order valence-electron chi connectivity index (χ1n) is 7.32. The zero-order valence-corrected chi connectivity index (χ0v) is 12.6. The fourth-order valence-corrected chi connectivity index (χ4v) is 2.68. The number of amides is 1. The largest absolute Gasteiger partial charge is 0.319 e. The standard InChI is InChI=1S/C15H21N3O3/c1-4-10(3)17-14(16-13(5-2)15(17)19)11-7-6-8-12(9-11)18(20)21/h6-10,13-14,16H,4-5H2,1-3H3. The third-order valence-corrected chi connectivity index (χ3v) is 4.06. The Labute approximate surface area is 124 Å². The van der Waals surface area contributed by atoms with Crippen molar-refractivity contribution >= 4 is 11.6 Å². The van der Waals surface area contributed by atoms with Gasteiger partial charge in [0.2, 0.25) is 5.91 Å². The first kappa shape index (κ1) is 15.4. The number of benzene rings is 1. The molecule has 0 aromatic heterocycles. The highest BCUT2D eigenvalue weighted by atomic mass is 16.6. The van der Waals surface area contributed by atoms with E-state index in [2.05, 4.69) is 5.32 Å². The van der Waals surface area contributed by atoms with Crippen LogP contribution in [-0.4, -0.2) is 27.8 Å². The highest BCUT2D eigenvalue weighted by Crippen LogP contribution is 2.31. The van der Waals surface area contributed by atoms with Crippen molar-refractivity contribution in [1.82, 2.24) is 10.2 Å². The molecule has 1 aliphatic heterocycles. The minimum atomic E-state index is -0.412. The minimum absolute atomic E-state index is 0.0470. The predicted molar refractivity (Wildman–Crippen MR) is 79.7 cm³/mol. The molecule has 1 aromatic carbocycles. The van der Waals surface area contributed by atoms with Gasteiger partial charge in [0.05, 0.1) is 11.0 Å². The summed E-state index contributed by atoms with van der Waals surface area (Å²) in [5.74, 6) is 0.0726. The SMILES string of the molecule is CCC1NC(c2cccc([N+](=O)[O-])c2)N(C(C)CC)C1=O. The average Bonchev–Trinajstić information content (AvgIpc) is 2.83. The zero-order chi connectivity index (χ0) is 15.6. The number of non-ortho nitro benzene ring substituents is 1. The van der Waals surface area contributed by atoms with Crippen molar-refractivity contribution in [2.24, 2.45) is 0 Å². The van der Waals surface area contributed by atoms with Crippen molar-refractivity contribution in [2.75, 3.05) is 0 Å². The van der Waals surface area contributed by atoms with Crippen LogP contribution in [0, 0.1) is 10.1 Å². The van der Waals surface area contributed by atoms with Crippen molar-refractivity contribution in [2.45, 2.75) is 51.9 Å². The molecule has 1 fully saturated rings. The summed E-state index contributed by atoms with van der Waals surface area (Å²) >= 11 is 0. The van der Waals surface area contributed by atoms with Gasteiger partial charge in [-0.25, -0.2) is 0 Å². The molecule has 1 aromatic rings. The Hall–Kier alpha value is -1.95. The van der Waals surface area contributed by atoms with Gasteiger partial charge < -0.3 is 4.90 Å². The van der Waals surface area contributed by atoms with Crippen LogP contribution in [0.4, 0.5) is 5.69 Å². The van der Waals surface area contributed by atoms with Crippen LogP contribution in [0.25, 0.3) is 0 Å². The smallest absolute Gasteiger partial charge is 0.269 e. The average molecular weight is 291 g/mol. The molecular formula is C15H21N3O3. The molecule has 2 rings (SSSR count). The second-order valence-electron chi connectivity index (χ2n) is 5.38. The molecule has 3 atom stereocenters. The number of rotatable bonds is 5. The summed E-state index contributed by atoms with van der Waals surface area (Å²) < 4.78 is 0. The number of nitrogens with zero attached hydrogens (tertiary/aromatic N) is 2. The molecule has 3 unspecified atom stereocenters. The molecule has 1 amide bonds. The molecule has 6 heteroatoms. The summed E-state index contributed by atoms with van der Waals surface area (Å²) in [6, 6.07) is 6.36. The van der Waals surface area contributed by atoms with Gasteiger partial charge in [-0.05, 0) is 25.3 Å². The molecule has 114 valence electrons. The molecule has 1 N–H and O–H groups in total. The molecule has 0 spiro atoms. The van der Waals surface area contributed by atoms with E-state index in [9.17, 15) is 14.9 Å². The molecule has 1 saturated heterocycles. The van der Waals surface area contributed by atoms with E-state index in [-0.39, 0.29) is 29.8 Å². The molecular weight excluding hydrogens is 270 g/mol. The fraction of sp³-hybridized carbons (Fsp3) is 0.533. The monoisotopic (exact) mass is 291 g/mol. The van der Waals surface area contributed by atoms with Gasteiger partial charge in [-0.15, -0.1) is 0 Å². The quantitative estimate of drug-likeness (QED) is 0.668. The van der Waals surface area contributed by atoms with Crippen LogP contribution in [-0.2, 0) is 4.79 Å². The molecule has 21 heavy (non-hydrogen) atoms. The zero-order valence-electron chi connectivity index (χ0n) is 12.6. The Balaban J connectivity index is 2.38. The number of hydrogen-bond acceptors (Lipinski definition) is 4. The van der Waals surface area contributed by atoms with Gasteiger partial charge >= 0.3 is 0 Å². The molecule has 0 aliphatic carbocycles. The number of nitrogens with one attached hydrogen (secondary N) is 1. The minimum Gasteiger partial charge on any atom is -0.319 e. The van der Waals surface area contributed by atoms with Crippen LogP contribution < -0.4 is 5.32 Å². The number of nitro benzene ring substituents is 1. The van der Waals surface area contributed by atoms with Gasteiger partial charge in [0.1, 0.15) is 6.17 Å². The van der Waals surface area contributed by atoms with E-state index in [1.54, 1.807) is 12.1 Å². The van der Waals surface area contributed by atoms with Crippen LogP contribution in [0.15, 0.2) is 24.3 Å². The van der Waals surface area contributed by atoms with Gasteiger partial charge in [-0.2, -0.15) is 0 Å². The molecule has 1 heterocycles. The number of carbonyl (C=O) groups is 1. The van der Waals surface area contributed by atoms with Crippen LogP contribution in [0.5, 0.6) is 0 Å². The van der Waals surface area contributed by atoms with E-state index in [1.807, 2.05) is 31.7 Å². The normalized spacial score (nSPS) is 23.4. The molecule has 1 aliphatic rings. The Bertz CT molecular complexity index is 547. The fourth-order valence-electron chi connectivity index (χ4n) is 2.68. The van der Waals surface area contributed by atoms with Gasteiger partial charge in [-0.1, -0.05) is 26.0 Å². The lowest BCUT2D eigenvalue weighted by atomic mass is 10.1. The topological polar surface area (TPSA) is 75.5 Å². The molecule has 0 bridgehead atoms. The second-order valence-corrected chi connectivity index (χ2v) is 5.38. The predicted octanol–water partition coefficient (Wildman–Crippen LogP) is 2.60. The van der Waals surface area contributed by atoms with Crippen molar-refractivity contribution in [1.29, 1.82) is 0 Å². The molecule has 0 saturated carbocycles. The van der Waals surface area contributed by atoms with Crippen LogP contribution in [0.2, 0.25) is 0 Å². The Morgan fingerprint density at radius 2 is 2.14 bits per heavy atom. The van der Waals surface area contributed by atoms with Gasteiger partial charge in [0, 0.05) is 18.2 Å². The van der Waals surface area contributed by atoms with Crippen molar-refractivity contribution in [3.63, 3.8) is 0 Å². The molecule has 0 radical (unpaired) electrons. The lowest BCUT2D eigenvalue weighted by Crippen LogP contribution is -2.38. The first-order valence-corrected chi connectivity index (χ1v) is 7.32. The third-order valence-electron chi connectivity index (χ3n) is 4.06. The summed E-state index contributed by atoms with van der Waals surface area (Å²) in [6.07, 6.45) is 1.25. The van der Waals surface area contributed by atoms with Crippen molar-refractivity contribution < 1.29 is 9.72 Å². The summed E-state index contributed by atoms with van der Waals surface area (Å²) in [7, 11) is 0. The van der Waals surface area contributed by atoms with Crippen LogP contribution in [0.1, 0.15) is 45.3 Å². The van der Waals surface area contributed by atoms with E-state index in [0.29, 0.717) is 6.42 Å². The molecule has 6 nitrogen and oxygen atoms in total. The van der Waals surface area contributed by atoms with E-state index in [0.717, 1.165) is 12.0 Å². The van der Waals surface area contributed by atoms with Crippen LogP contribution >= 0.6 is 0 Å². The number of hydrogen-bond donors (Lipinski definition) is 1. The maximum atomic E-state index is 12.5. The van der Waals surface area contributed by atoms with E-state index in [1.165, 1.54) is 6.07 Å². The van der Waals surface area contributed by atoms with Gasteiger partial charge in [0.25, 0.3) is 5.69 Å². The summed E-state index contributed by atoms with van der Waals surface area (Å²) in [4.78, 5) is 24.8. The maximum absolute atomic E-state index is 12.5. The third kappa shape index (κ3) is 2.90. The number of carbonyl (C=O) groups excluding carboxylic acids is 1. The van der Waals surface area contributed by atoms with Crippen LogP contribution in [0.3, 0.4) is 0 Å². The highest BCUT2D eigenvalue weighted by Gasteiger charge is 2.40. The van der Waals surface area contributed by atoms with E-state index < -0.39 is 4.92 Å². The van der Waals surface area contributed by atoms with E-state index >= 15 is 0 Å². The Morgan fingerprint density at radius 1 is 1.43 bits per heavy atom.